The van der Waals surface area contributed by atoms with E-state index in [0.717, 1.165) is 62.4 Å². The minimum Gasteiger partial charge on any atom is -0.337 e. The van der Waals surface area contributed by atoms with E-state index in [1.807, 2.05) is 11.8 Å². The molecule has 0 aromatic carbocycles. The third kappa shape index (κ3) is 3.66. The van der Waals surface area contributed by atoms with Gasteiger partial charge in [0, 0.05) is 44.3 Å². The highest BCUT2D eigenvalue weighted by molar-refractivity contribution is 5.92. The Kier molecular flexibility index (Phi) is 5.03. The van der Waals surface area contributed by atoms with Crippen LogP contribution in [0.25, 0.3) is 0 Å². The number of nitrogens with zero attached hydrogens (tertiary/aromatic N) is 7. The summed E-state index contributed by atoms with van der Waals surface area (Å²) in [6, 6.07) is 0.724. The first-order valence-corrected chi connectivity index (χ1v) is 10.9. The summed E-state index contributed by atoms with van der Waals surface area (Å²) in [5.74, 6) is 2.35. The Morgan fingerprint density at radius 3 is 2.66 bits per heavy atom. The number of carbonyl (C=O) groups excluding carboxylic acids is 1. The van der Waals surface area contributed by atoms with Gasteiger partial charge in [-0.3, -0.25) is 14.7 Å². The van der Waals surface area contributed by atoms with Crippen LogP contribution in [0.4, 0.5) is 0 Å². The van der Waals surface area contributed by atoms with Gasteiger partial charge in [-0.25, -0.2) is 4.98 Å². The van der Waals surface area contributed by atoms with Gasteiger partial charge in [0.25, 0.3) is 5.91 Å². The van der Waals surface area contributed by atoms with Crippen LogP contribution >= 0.6 is 0 Å². The summed E-state index contributed by atoms with van der Waals surface area (Å²) in [6.07, 6.45) is 10.6. The predicted octanol–water partition coefficient (Wildman–Crippen LogP) is 2.15. The fourth-order valence-corrected chi connectivity index (χ4v) is 5.12. The van der Waals surface area contributed by atoms with Crippen LogP contribution in [-0.2, 0) is 13.1 Å². The molecule has 154 valence electrons. The van der Waals surface area contributed by atoms with Crippen molar-refractivity contribution < 1.29 is 4.79 Å². The molecule has 8 nitrogen and oxygen atoms in total. The number of likely N-dealkylation sites (tertiary alicyclic amines) is 1. The first-order valence-electron chi connectivity index (χ1n) is 10.9. The molecule has 1 unspecified atom stereocenters. The Morgan fingerprint density at radius 1 is 1.00 bits per heavy atom. The van der Waals surface area contributed by atoms with E-state index in [2.05, 4.69) is 29.6 Å². The number of amides is 1. The molecule has 1 aliphatic carbocycles. The summed E-state index contributed by atoms with van der Waals surface area (Å²) in [6.45, 7) is 6.27. The summed E-state index contributed by atoms with van der Waals surface area (Å²) < 4.78 is 2.32. The average Bonchev–Trinajstić information content (AvgIpc) is 3.43. The number of hydrogen-bond acceptors (Lipinski definition) is 6. The molecular formula is C21H29N7O. The Morgan fingerprint density at radius 2 is 1.86 bits per heavy atom. The van der Waals surface area contributed by atoms with Gasteiger partial charge >= 0.3 is 0 Å². The number of aromatic nitrogens is 5. The van der Waals surface area contributed by atoms with Gasteiger partial charge in [-0.05, 0) is 32.6 Å². The summed E-state index contributed by atoms with van der Waals surface area (Å²) in [4.78, 5) is 25.9. The SMILES string of the molecule is Cc1cnc(C(=O)N2CCCC(c3nnc4n3CCN(C3CCCC3)C4)C2)cn1. The second-order valence-electron chi connectivity index (χ2n) is 8.67. The van der Waals surface area contributed by atoms with Crippen molar-refractivity contribution in [2.24, 2.45) is 0 Å². The highest BCUT2D eigenvalue weighted by Crippen LogP contribution is 2.30. The molecule has 1 saturated carbocycles. The monoisotopic (exact) mass is 395 g/mol. The highest BCUT2D eigenvalue weighted by atomic mass is 16.2. The molecule has 8 heteroatoms. The van der Waals surface area contributed by atoms with Crippen molar-refractivity contribution in [2.45, 2.75) is 70.5 Å². The molecule has 0 radical (unpaired) electrons. The quantitative estimate of drug-likeness (QED) is 0.792. The maximum Gasteiger partial charge on any atom is 0.274 e. The van der Waals surface area contributed by atoms with Crippen molar-refractivity contribution in [1.29, 1.82) is 0 Å². The van der Waals surface area contributed by atoms with Crippen LogP contribution in [0.2, 0.25) is 0 Å². The summed E-state index contributed by atoms with van der Waals surface area (Å²) >= 11 is 0. The van der Waals surface area contributed by atoms with Crippen LogP contribution in [0.15, 0.2) is 12.4 Å². The molecule has 2 fully saturated rings. The first-order chi connectivity index (χ1) is 14.2. The third-order valence-electron chi connectivity index (χ3n) is 6.73. The lowest BCUT2D eigenvalue weighted by molar-refractivity contribution is 0.0695. The molecular weight excluding hydrogens is 366 g/mol. The summed E-state index contributed by atoms with van der Waals surface area (Å²) in [7, 11) is 0. The van der Waals surface area contributed by atoms with Gasteiger partial charge in [-0.1, -0.05) is 12.8 Å². The van der Waals surface area contributed by atoms with Crippen LogP contribution < -0.4 is 0 Å². The van der Waals surface area contributed by atoms with E-state index in [1.165, 1.54) is 25.7 Å². The van der Waals surface area contributed by atoms with Gasteiger partial charge in [0.05, 0.1) is 18.4 Å². The Balaban J connectivity index is 1.29. The molecule has 1 amide bonds. The second-order valence-corrected chi connectivity index (χ2v) is 8.67. The van der Waals surface area contributed by atoms with E-state index >= 15 is 0 Å². The zero-order chi connectivity index (χ0) is 19.8. The van der Waals surface area contributed by atoms with Gasteiger partial charge in [0.1, 0.15) is 17.3 Å². The van der Waals surface area contributed by atoms with E-state index in [9.17, 15) is 4.79 Å². The lowest BCUT2D eigenvalue weighted by Gasteiger charge is -2.35. The van der Waals surface area contributed by atoms with Crippen molar-refractivity contribution in [2.75, 3.05) is 19.6 Å². The van der Waals surface area contributed by atoms with Crippen molar-refractivity contribution in [3.05, 3.63) is 35.4 Å². The van der Waals surface area contributed by atoms with E-state index in [-0.39, 0.29) is 11.8 Å². The predicted molar refractivity (Wildman–Crippen MR) is 107 cm³/mol. The molecule has 1 atom stereocenters. The van der Waals surface area contributed by atoms with Gasteiger partial charge in [-0.15, -0.1) is 10.2 Å². The highest BCUT2D eigenvalue weighted by Gasteiger charge is 2.33. The fourth-order valence-electron chi connectivity index (χ4n) is 5.12. The molecule has 0 spiro atoms. The first kappa shape index (κ1) is 18.7. The molecule has 1 saturated heterocycles. The van der Waals surface area contributed by atoms with E-state index in [4.69, 9.17) is 0 Å². The largest absolute Gasteiger partial charge is 0.337 e. The van der Waals surface area contributed by atoms with Gasteiger partial charge in [-0.2, -0.15) is 0 Å². The minimum atomic E-state index is -0.0343. The van der Waals surface area contributed by atoms with Crippen LogP contribution in [-0.4, -0.2) is 66.1 Å². The summed E-state index contributed by atoms with van der Waals surface area (Å²) in [5.41, 5.74) is 1.24. The zero-order valence-corrected chi connectivity index (χ0v) is 17.1. The smallest absolute Gasteiger partial charge is 0.274 e. The van der Waals surface area contributed by atoms with Crippen molar-refractivity contribution in [3.8, 4) is 0 Å². The van der Waals surface area contributed by atoms with Crippen molar-refractivity contribution in [1.82, 2.24) is 34.5 Å². The Hall–Kier alpha value is -2.35. The van der Waals surface area contributed by atoms with Crippen LogP contribution in [0, 0.1) is 6.92 Å². The Bertz CT molecular complexity index is 872. The number of hydrogen-bond donors (Lipinski definition) is 0. The molecule has 2 aliphatic heterocycles. The summed E-state index contributed by atoms with van der Waals surface area (Å²) in [5, 5.41) is 9.12. The molecule has 0 bridgehead atoms. The molecule has 3 aliphatic rings. The fraction of sp³-hybridized carbons (Fsp3) is 0.667. The molecule has 29 heavy (non-hydrogen) atoms. The number of carbonyl (C=O) groups is 1. The number of fused-ring (bicyclic) bond motifs is 1. The Labute approximate surface area is 171 Å². The van der Waals surface area contributed by atoms with Gasteiger partial charge < -0.3 is 9.47 Å². The third-order valence-corrected chi connectivity index (χ3v) is 6.73. The van der Waals surface area contributed by atoms with Crippen LogP contribution in [0.5, 0.6) is 0 Å². The zero-order valence-electron chi connectivity index (χ0n) is 17.1. The molecule has 2 aromatic heterocycles. The maximum absolute atomic E-state index is 12.9. The number of piperidine rings is 1. The molecule has 0 N–H and O–H groups in total. The lowest BCUT2D eigenvalue weighted by Crippen LogP contribution is -2.42. The number of rotatable bonds is 3. The normalized spacial score (nSPS) is 23.3. The van der Waals surface area contributed by atoms with Crippen molar-refractivity contribution >= 4 is 5.91 Å². The standard InChI is InChI=1S/C21H29N7O/c1-15-11-23-18(12-22-15)21(29)27-8-4-5-16(13-27)20-25-24-19-14-26(9-10-28(19)20)17-6-2-3-7-17/h11-12,16-17H,2-10,13-14H2,1H3. The molecule has 4 heterocycles. The van der Waals surface area contributed by atoms with E-state index in [1.54, 1.807) is 12.4 Å². The van der Waals surface area contributed by atoms with Gasteiger partial charge in [0.15, 0.2) is 0 Å². The lowest BCUT2D eigenvalue weighted by atomic mass is 9.96. The topological polar surface area (TPSA) is 80.0 Å². The molecule has 2 aromatic rings. The van der Waals surface area contributed by atoms with Crippen molar-refractivity contribution in [3.63, 3.8) is 0 Å². The van der Waals surface area contributed by atoms with Gasteiger partial charge in [0.2, 0.25) is 0 Å². The van der Waals surface area contributed by atoms with E-state index in [0.29, 0.717) is 12.2 Å². The maximum atomic E-state index is 12.9. The second kappa shape index (κ2) is 7.82. The average molecular weight is 396 g/mol. The van der Waals surface area contributed by atoms with Crippen LogP contribution in [0.3, 0.4) is 0 Å². The van der Waals surface area contributed by atoms with E-state index < -0.39 is 0 Å². The number of aryl methyl sites for hydroxylation is 1. The van der Waals surface area contributed by atoms with Crippen LogP contribution in [0.1, 0.15) is 72.3 Å². The minimum absolute atomic E-state index is 0.0343. The molecule has 5 rings (SSSR count).